The van der Waals surface area contributed by atoms with Gasteiger partial charge in [-0.25, -0.2) is 4.98 Å². The van der Waals surface area contributed by atoms with Crippen LogP contribution in [0.5, 0.6) is 0 Å². The molecule has 1 heterocycles. The molecule has 15 heavy (non-hydrogen) atoms. The first-order valence-corrected chi connectivity index (χ1v) is 5.32. The van der Waals surface area contributed by atoms with E-state index in [2.05, 4.69) is 4.98 Å². The molecule has 0 aliphatic carbocycles. The minimum Gasteiger partial charge on any atom is -0.325 e. The van der Waals surface area contributed by atoms with Crippen LogP contribution in [0, 0.1) is 6.92 Å². The third kappa shape index (κ3) is 1.93. The van der Waals surface area contributed by atoms with E-state index in [1.54, 1.807) is 6.07 Å². The van der Waals surface area contributed by atoms with Crippen LogP contribution >= 0.6 is 23.2 Å². The Balaban J connectivity index is 2.85. The smallest absolute Gasteiger partial charge is 0.0895 e. The lowest BCUT2D eigenvalue weighted by Crippen LogP contribution is -2.00. The van der Waals surface area contributed by atoms with E-state index < -0.39 is 0 Å². The zero-order valence-electron chi connectivity index (χ0n) is 8.22. The molecule has 4 heteroatoms. The van der Waals surface area contributed by atoms with E-state index in [1.165, 1.54) is 0 Å². The highest BCUT2D eigenvalue weighted by molar-refractivity contribution is 6.38. The second kappa shape index (κ2) is 3.97. The second-order valence-corrected chi connectivity index (χ2v) is 4.26. The number of nitrogens with two attached hydrogens (primary N) is 1. The van der Waals surface area contributed by atoms with Crippen LogP contribution in [0.3, 0.4) is 0 Å². The summed E-state index contributed by atoms with van der Waals surface area (Å²) < 4.78 is 0. The fourth-order valence-corrected chi connectivity index (χ4v) is 2.12. The van der Waals surface area contributed by atoms with E-state index in [9.17, 15) is 0 Å². The number of halogens is 2. The van der Waals surface area contributed by atoms with Gasteiger partial charge in [0.15, 0.2) is 0 Å². The Bertz CT molecular complexity index is 523. The average molecular weight is 241 g/mol. The molecule has 0 aliphatic rings. The fourth-order valence-electron chi connectivity index (χ4n) is 1.59. The summed E-state index contributed by atoms with van der Waals surface area (Å²) >= 11 is 12.0. The topological polar surface area (TPSA) is 38.9 Å². The van der Waals surface area contributed by atoms with Crippen LogP contribution in [-0.2, 0) is 6.54 Å². The van der Waals surface area contributed by atoms with Gasteiger partial charge in [0.25, 0.3) is 0 Å². The van der Waals surface area contributed by atoms with Crippen molar-refractivity contribution in [2.75, 3.05) is 0 Å². The monoisotopic (exact) mass is 240 g/mol. The first-order valence-electron chi connectivity index (χ1n) is 4.57. The van der Waals surface area contributed by atoms with Gasteiger partial charge in [0, 0.05) is 17.0 Å². The number of aromatic nitrogens is 1. The third-order valence-electron chi connectivity index (χ3n) is 2.30. The first-order chi connectivity index (χ1) is 7.11. The van der Waals surface area contributed by atoms with Crippen molar-refractivity contribution in [3.63, 3.8) is 0 Å². The Labute approximate surface area is 98.0 Å². The van der Waals surface area contributed by atoms with Gasteiger partial charge in [-0.3, -0.25) is 0 Å². The predicted octanol–water partition coefficient (Wildman–Crippen LogP) is 3.31. The van der Waals surface area contributed by atoms with Gasteiger partial charge in [0.1, 0.15) is 0 Å². The number of fused-ring (bicyclic) bond motifs is 1. The molecule has 0 fully saturated rings. The molecule has 0 radical (unpaired) electrons. The number of benzene rings is 1. The maximum Gasteiger partial charge on any atom is 0.0895 e. The summed E-state index contributed by atoms with van der Waals surface area (Å²) in [6.07, 6.45) is 0. The van der Waals surface area contributed by atoms with Crippen molar-refractivity contribution in [3.8, 4) is 0 Å². The summed E-state index contributed by atoms with van der Waals surface area (Å²) in [6, 6.07) is 5.51. The van der Waals surface area contributed by atoms with Crippen molar-refractivity contribution < 1.29 is 0 Å². The molecule has 2 N–H and O–H groups in total. The molecule has 78 valence electrons. The quantitative estimate of drug-likeness (QED) is 0.831. The Morgan fingerprint density at radius 1 is 1.27 bits per heavy atom. The summed E-state index contributed by atoms with van der Waals surface area (Å²) in [4.78, 5) is 4.38. The lowest BCUT2D eigenvalue weighted by atomic mass is 10.1. The summed E-state index contributed by atoms with van der Waals surface area (Å²) in [5.41, 5.74) is 8.25. The highest BCUT2D eigenvalue weighted by atomic mass is 35.5. The first kappa shape index (κ1) is 10.7. The largest absolute Gasteiger partial charge is 0.325 e. The number of rotatable bonds is 1. The summed E-state index contributed by atoms with van der Waals surface area (Å²) in [7, 11) is 0. The van der Waals surface area contributed by atoms with E-state index in [-0.39, 0.29) is 0 Å². The number of nitrogens with zero attached hydrogens (tertiary/aromatic N) is 1. The molecule has 0 saturated carbocycles. The molecule has 2 aromatic rings. The Morgan fingerprint density at radius 2 is 2.00 bits per heavy atom. The summed E-state index contributed by atoms with van der Waals surface area (Å²) in [5, 5.41) is 2.17. The van der Waals surface area contributed by atoms with Gasteiger partial charge in [-0.1, -0.05) is 23.2 Å². The van der Waals surface area contributed by atoms with Gasteiger partial charge in [-0.15, -0.1) is 0 Å². The standard InChI is InChI=1S/C11H10Cl2N2/c1-6-2-8(5-14)15-11-9(6)3-7(12)4-10(11)13/h2-4H,5,14H2,1H3. The van der Waals surface area contributed by atoms with Crippen LogP contribution in [0.1, 0.15) is 11.3 Å². The van der Waals surface area contributed by atoms with E-state index >= 15 is 0 Å². The summed E-state index contributed by atoms with van der Waals surface area (Å²) in [6.45, 7) is 2.41. The normalized spacial score (nSPS) is 10.9. The van der Waals surface area contributed by atoms with Gasteiger partial charge < -0.3 is 5.73 Å². The van der Waals surface area contributed by atoms with Crippen molar-refractivity contribution in [1.82, 2.24) is 4.98 Å². The number of hydrogen-bond donors (Lipinski definition) is 1. The zero-order chi connectivity index (χ0) is 11.0. The highest BCUT2D eigenvalue weighted by Crippen LogP contribution is 2.28. The average Bonchev–Trinajstić information content (AvgIpc) is 2.19. The van der Waals surface area contributed by atoms with E-state index in [0.717, 1.165) is 22.2 Å². The van der Waals surface area contributed by atoms with Gasteiger partial charge in [0.2, 0.25) is 0 Å². The van der Waals surface area contributed by atoms with Crippen molar-refractivity contribution in [1.29, 1.82) is 0 Å². The van der Waals surface area contributed by atoms with Crippen LogP contribution < -0.4 is 5.73 Å². The van der Waals surface area contributed by atoms with Crippen LogP contribution in [-0.4, -0.2) is 4.98 Å². The number of pyridine rings is 1. The Morgan fingerprint density at radius 3 is 2.67 bits per heavy atom. The molecule has 0 bridgehead atoms. The third-order valence-corrected chi connectivity index (χ3v) is 2.81. The molecule has 1 aromatic carbocycles. The van der Waals surface area contributed by atoms with Crippen molar-refractivity contribution in [2.45, 2.75) is 13.5 Å². The Hall–Kier alpha value is -0.830. The van der Waals surface area contributed by atoms with Crippen LogP contribution in [0.2, 0.25) is 10.0 Å². The predicted molar refractivity (Wildman–Crippen MR) is 64.4 cm³/mol. The van der Waals surface area contributed by atoms with Crippen LogP contribution in [0.25, 0.3) is 10.9 Å². The highest BCUT2D eigenvalue weighted by Gasteiger charge is 2.06. The molecule has 0 atom stereocenters. The maximum absolute atomic E-state index is 6.08. The molecular formula is C11H10Cl2N2. The van der Waals surface area contributed by atoms with Gasteiger partial charge in [-0.05, 0) is 30.7 Å². The minimum atomic E-state index is 0.412. The molecule has 0 unspecified atom stereocenters. The van der Waals surface area contributed by atoms with Crippen LogP contribution in [0.4, 0.5) is 0 Å². The van der Waals surface area contributed by atoms with Crippen molar-refractivity contribution in [3.05, 3.63) is 39.5 Å². The molecular weight excluding hydrogens is 231 g/mol. The minimum absolute atomic E-state index is 0.412. The number of aryl methyl sites for hydroxylation is 1. The molecule has 1 aromatic heterocycles. The second-order valence-electron chi connectivity index (χ2n) is 3.42. The Kier molecular flexibility index (Phi) is 2.83. The lowest BCUT2D eigenvalue weighted by Gasteiger charge is -2.06. The molecule has 2 rings (SSSR count). The van der Waals surface area contributed by atoms with Crippen molar-refractivity contribution >= 4 is 34.1 Å². The van der Waals surface area contributed by atoms with Crippen molar-refractivity contribution in [2.24, 2.45) is 5.73 Å². The molecule has 0 saturated heterocycles. The zero-order valence-corrected chi connectivity index (χ0v) is 9.73. The molecule has 2 nitrogen and oxygen atoms in total. The maximum atomic E-state index is 6.08. The van der Waals surface area contributed by atoms with Gasteiger partial charge in [0.05, 0.1) is 16.2 Å². The van der Waals surface area contributed by atoms with Crippen LogP contribution in [0.15, 0.2) is 18.2 Å². The molecule has 0 aliphatic heterocycles. The fraction of sp³-hybridized carbons (Fsp3) is 0.182. The van der Waals surface area contributed by atoms with Gasteiger partial charge >= 0.3 is 0 Å². The SMILES string of the molecule is Cc1cc(CN)nc2c(Cl)cc(Cl)cc12. The van der Waals surface area contributed by atoms with E-state index in [0.29, 0.717) is 16.6 Å². The van der Waals surface area contributed by atoms with Gasteiger partial charge in [-0.2, -0.15) is 0 Å². The van der Waals surface area contributed by atoms with E-state index in [4.69, 9.17) is 28.9 Å². The molecule has 0 amide bonds. The summed E-state index contributed by atoms with van der Waals surface area (Å²) in [5.74, 6) is 0. The number of hydrogen-bond acceptors (Lipinski definition) is 2. The van der Waals surface area contributed by atoms with E-state index in [1.807, 2.05) is 19.1 Å². The lowest BCUT2D eigenvalue weighted by molar-refractivity contribution is 1.00. The molecule has 0 spiro atoms.